The fourth-order valence-corrected chi connectivity index (χ4v) is 0.957. The van der Waals surface area contributed by atoms with Crippen molar-refractivity contribution < 1.29 is 9.84 Å². The van der Waals surface area contributed by atoms with Crippen LogP contribution in [0.3, 0.4) is 0 Å². The summed E-state index contributed by atoms with van der Waals surface area (Å²) in [7, 11) is 0. The molecular formula is C10H12N5O+. The van der Waals surface area contributed by atoms with Crippen LogP contribution in [-0.2, 0) is 0 Å². The zero-order chi connectivity index (χ0) is 11.8. The number of hydrogen-bond donors (Lipinski definition) is 3. The first kappa shape index (κ1) is 11.5. The largest absolute Gasteiger partial charge is 0.479 e. The van der Waals surface area contributed by atoms with Crippen molar-refractivity contribution in [1.82, 2.24) is 0 Å². The smallest absolute Gasteiger partial charge is 0.256 e. The van der Waals surface area contributed by atoms with Crippen molar-refractivity contribution in [3.8, 4) is 11.8 Å². The van der Waals surface area contributed by atoms with Crippen LogP contribution in [0.5, 0.6) is 5.75 Å². The summed E-state index contributed by atoms with van der Waals surface area (Å²) in [6, 6.07) is 9.01. The second kappa shape index (κ2) is 6.03. The third-order valence-electron chi connectivity index (χ3n) is 1.61. The van der Waals surface area contributed by atoms with E-state index in [1.807, 2.05) is 18.2 Å². The lowest BCUT2D eigenvalue weighted by Crippen LogP contribution is -2.63. The molecule has 0 amide bonds. The number of rotatable bonds is 4. The van der Waals surface area contributed by atoms with Gasteiger partial charge in [0.25, 0.3) is 5.96 Å². The summed E-state index contributed by atoms with van der Waals surface area (Å²) >= 11 is 0. The molecule has 0 spiro atoms. The van der Waals surface area contributed by atoms with Crippen LogP contribution >= 0.6 is 0 Å². The van der Waals surface area contributed by atoms with Gasteiger partial charge < -0.3 is 16.2 Å². The monoisotopic (exact) mass is 218 g/mol. The van der Waals surface area contributed by atoms with Gasteiger partial charge in [0.1, 0.15) is 11.8 Å². The fourth-order valence-electron chi connectivity index (χ4n) is 0.957. The van der Waals surface area contributed by atoms with Crippen molar-refractivity contribution in [2.45, 2.75) is 0 Å². The van der Waals surface area contributed by atoms with Crippen LogP contribution in [0.25, 0.3) is 0 Å². The first-order valence-electron chi connectivity index (χ1n) is 4.49. The molecule has 0 bridgehead atoms. The molecule has 1 aromatic carbocycles. The van der Waals surface area contributed by atoms with Crippen LogP contribution in [0.15, 0.2) is 29.4 Å². The second-order valence-corrected chi connectivity index (χ2v) is 2.83. The molecule has 0 aliphatic rings. The maximum atomic E-state index is 8.32. The standard InChI is InChI=1S/C10H11N5O/c11-5-6-16-9-3-1-8(2-4-9)7-14-15-10(12)13/h1-4,7H,6H2,(H4,12,13,15)/p+1/b14-7+. The lowest BCUT2D eigenvalue weighted by Gasteiger charge is -1.99. The van der Waals surface area contributed by atoms with Crippen LogP contribution in [0, 0.1) is 11.3 Å². The van der Waals surface area contributed by atoms with E-state index in [0.29, 0.717) is 5.75 Å². The molecule has 1 rings (SSSR count). The molecule has 6 nitrogen and oxygen atoms in total. The lowest BCUT2D eigenvalue weighted by atomic mass is 10.2. The Balaban J connectivity index is 2.61. The molecule has 0 saturated carbocycles. The molecule has 1 aromatic rings. The lowest BCUT2D eigenvalue weighted by molar-refractivity contribution is -0.456. The predicted octanol–water partition coefficient (Wildman–Crippen LogP) is -1.72. The highest BCUT2D eigenvalue weighted by Crippen LogP contribution is 2.09. The van der Waals surface area contributed by atoms with E-state index >= 15 is 0 Å². The van der Waals surface area contributed by atoms with Crippen LogP contribution in [0.2, 0.25) is 0 Å². The van der Waals surface area contributed by atoms with E-state index in [-0.39, 0.29) is 12.6 Å². The minimum absolute atomic E-state index is 0.0368. The Morgan fingerprint density at radius 3 is 2.69 bits per heavy atom. The van der Waals surface area contributed by atoms with E-state index in [1.54, 1.807) is 18.3 Å². The Morgan fingerprint density at radius 1 is 1.44 bits per heavy atom. The third-order valence-corrected chi connectivity index (χ3v) is 1.61. The van der Waals surface area contributed by atoms with E-state index in [2.05, 4.69) is 10.2 Å². The van der Waals surface area contributed by atoms with Gasteiger partial charge in [0.2, 0.25) is 6.21 Å². The van der Waals surface area contributed by atoms with Crippen molar-refractivity contribution in [3.05, 3.63) is 29.8 Å². The summed E-state index contributed by atoms with van der Waals surface area (Å²) in [5.41, 5.74) is 11.1. The maximum absolute atomic E-state index is 8.32. The number of nitrogens with two attached hydrogens (primary N) is 2. The molecule has 0 saturated heterocycles. The Hall–Kier alpha value is -2.55. The van der Waals surface area contributed by atoms with Gasteiger partial charge in [-0.15, -0.1) is 5.10 Å². The first-order valence-corrected chi connectivity index (χ1v) is 4.49. The van der Waals surface area contributed by atoms with Gasteiger partial charge >= 0.3 is 0 Å². The third kappa shape index (κ3) is 4.11. The number of ether oxygens (including phenoxy) is 1. The molecule has 82 valence electrons. The quantitative estimate of drug-likeness (QED) is 0.317. The van der Waals surface area contributed by atoms with Crippen molar-refractivity contribution in [1.29, 1.82) is 5.26 Å². The summed E-state index contributed by atoms with van der Waals surface area (Å²) in [6.07, 6.45) is 1.63. The van der Waals surface area contributed by atoms with E-state index in [4.69, 9.17) is 21.5 Å². The summed E-state index contributed by atoms with van der Waals surface area (Å²) < 4.78 is 5.09. The molecule has 0 aliphatic carbocycles. The van der Waals surface area contributed by atoms with E-state index in [0.717, 1.165) is 5.56 Å². The van der Waals surface area contributed by atoms with Crippen molar-refractivity contribution in [3.63, 3.8) is 0 Å². The number of benzene rings is 1. The van der Waals surface area contributed by atoms with E-state index in [1.165, 1.54) is 0 Å². The maximum Gasteiger partial charge on any atom is 0.256 e. The van der Waals surface area contributed by atoms with Crippen molar-refractivity contribution >= 4 is 12.2 Å². The van der Waals surface area contributed by atoms with Crippen LogP contribution in [0.4, 0.5) is 0 Å². The SMILES string of the molecule is N#CCOc1ccc(/C=[NH+]/N=C(N)N)cc1. The number of hydrogen-bond acceptors (Lipinski definition) is 3. The first-order chi connectivity index (χ1) is 7.72. The summed E-state index contributed by atoms with van der Waals surface area (Å²) in [5.74, 6) is 0.603. The summed E-state index contributed by atoms with van der Waals surface area (Å²) in [6.45, 7) is 0.0370. The summed E-state index contributed by atoms with van der Waals surface area (Å²) in [5, 5.41) is 14.5. The van der Waals surface area contributed by atoms with Crippen molar-refractivity contribution in [2.75, 3.05) is 6.61 Å². The second-order valence-electron chi connectivity index (χ2n) is 2.83. The molecule has 0 fully saturated rings. The number of nitrogens with one attached hydrogen (secondary N) is 1. The highest BCUT2D eigenvalue weighted by molar-refractivity contribution is 5.77. The van der Waals surface area contributed by atoms with Crippen LogP contribution in [-0.4, -0.2) is 18.8 Å². The highest BCUT2D eigenvalue weighted by atomic mass is 16.5. The Labute approximate surface area is 92.8 Å². The van der Waals surface area contributed by atoms with E-state index < -0.39 is 0 Å². The molecule has 0 aromatic heterocycles. The van der Waals surface area contributed by atoms with E-state index in [9.17, 15) is 0 Å². The molecule has 0 radical (unpaired) electrons. The van der Waals surface area contributed by atoms with Gasteiger partial charge in [0.05, 0.1) is 0 Å². The predicted molar refractivity (Wildman–Crippen MR) is 59.5 cm³/mol. The van der Waals surface area contributed by atoms with Gasteiger partial charge in [-0.25, -0.2) is 0 Å². The normalized spacial score (nSPS) is 9.69. The topological polar surface area (TPSA) is 111 Å². The molecule has 0 heterocycles. The zero-order valence-electron chi connectivity index (χ0n) is 8.55. The molecule has 6 heteroatoms. The molecule has 0 atom stereocenters. The van der Waals surface area contributed by atoms with Gasteiger partial charge in [-0.1, -0.05) is 0 Å². The number of guanidine groups is 1. The number of hydrazone groups is 1. The number of nitrogens with zero attached hydrogens (tertiary/aromatic N) is 2. The van der Waals surface area contributed by atoms with Gasteiger partial charge in [-0.05, 0) is 24.3 Å². The average molecular weight is 218 g/mol. The number of nitriles is 1. The Morgan fingerprint density at radius 2 is 2.12 bits per heavy atom. The van der Waals surface area contributed by atoms with Crippen LogP contribution < -0.4 is 21.3 Å². The minimum Gasteiger partial charge on any atom is -0.479 e. The molecule has 0 aliphatic heterocycles. The highest BCUT2D eigenvalue weighted by Gasteiger charge is 1.94. The van der Waals surface area contributed by atoms with Gasteiger partial charge in [-0.3, -0.25) is 0 Å². The minimum atomic E-state index is -0.0368. The molecular weight excluding hydrogens is 206 g/mol. The van der Waals surface area contributed by atoms with Crippen molar-refractivity contribution in [2.24, 2.45) is 16.6 Å². The fraction of sp³-hybridized carbons (Fsp3) is 0.100. The molecule has 16 heavy (non-hydrogen) atoms. The molecule has 0 unspecified atom stereocenters. The zero-order valence-corrected chi connectivity index (χ0v) is 8.55. The van der Waals surface area contributed by atoms with Gasteiger partial charge in [-0.2, -0.15) is 5.26 Å². The summed E-state index contributed by atoms with van der Waals surface area (Å²) in [4.78, 5) is 0. The van der Waals surface area contributed by atoms with Crippen LogP contribution in [0.1, 0.15) is 5.56 Å². The van der Waals surface area contributed by atoms with Gasteiger partial charge in [0, 0.05) is 10.7 Å². The average Bonchev–Trinajstić information content (AvgIpc) is 2.27. The Kier molecular flexibility index (Phi) is 4.34. The molecule has 5 N–H and O–H groups in total. The Bertz CT molecular complexity index is 426. The van der Waals surface area contributed by atoms with Gasteiger partial charge in [0.15, 0.2) is 6.61 Å².